The van der Waals surface area contributed by atoms with E-state index < -0.39 is 0 Å². The molecule has 0 spiro atoms. The van der Waals surface area contributed by atoms with Crippen LogP contribution in [0.1, 0.15) is 24.1 Å². The van der Waals surface area contributed by atoms with Gasteiger partial charge in [0.05, 0.1) is 11.9 Å². The predicted molar refractivity (Wildman–Crippen MR) is 101 cm³/mol. The summed E-state index contributed by atoms with van der Waals surface area (Å²) < 4.78 is 0. The first-order valence-electron chi connectivity index (χ1n) is 9.17. The number of anilines is 1. The summed E-state index contributed by atoms with van der Waals surface area (Å²) in [5.41, 5.74) is 0. The Labute approximate surface area is 152 Å². The molecule has 2 aromatic rings. The number of carbonyl (C=O) groups is 1. The zero-order valence-corrected chi connectivity index (χ0v) is 15.6. The van der Waals surface area contributed by atoms with Crippen LogP contribution in [0.4, 0.5) is 5.82 Å². The number of hydrogen-bond donors (Lipinski definition) is 0. The number of carbonyl (C=O) groups excluding carboxylic acids is 1. The molecule has 2 saturated heterocycles. The minimum absolute atomic E-state index is 0.295. The van der Waals surface area contributed by atoms with E-state index in [1.165, 1.54) is 4.88 Å². The van der Waals surface area contributed by atoms with Gasteiger partial charge in [0.2, 0.25) is 5.91 Å². The third-order valence-corrected chi connectivity index (χ3v) is 6.10. The molecule has 0 aromatic carbocycles. The molecule has 2 aliphatic heterocycles. The van der Waals surface area contributed by atoms with Gasteiger partial charge < -0.3 is 9.80 Å². The highest BCUT2D eigenvalue weighted by molar-refractivity contribution is 7.18. The number of likely N-dealkylation sites (tertiary alicyclic amines) is 1. The molecule has 0 N–H and O–H groups in total. The maximum absolute atomic E-state index is 12.4. The van der Waals surface area contributed by atoms with Gasteiger partial charge in [0, 0.05) is 44.1 Å². The molecule has 2 aromatic heterocycles. The number of aryl methyl sites for hydroxylation is 1. The van der Waals surface area contributed by atoms with Crippen molar-refractivity contribution in [2.45, 2.75) is 26.2 Å². The first-order chi connectivity index (χ1) is 12.2. The van der Waals surface area contributed by atoms with Crippen LogP contribution in [-0.2, 0) is 4.79 Å². The van der Waals surface area contributed by atoms with Crippen molar-refractivity contribution in [3.8, 4) is 0 Å². The van der Waals surface area contributed by atoms with E-state index in [0.717, 1.165) is 74.6 Å². The average molecular weight is 359 g/mol. The minimum atomic E-state index is 0.295. The average Bonchev–Trinajstić information content (AvgIpc) is 3.20. The van der Waals surface area contributed by atoms with Crippen LogP contribution in [0.5, 0.6) is 0 Å². The van der Waals surface area contributed by atoms with Gasteiger partial charge in [-0.15, -0.1) is 11.3 Å². The molecule has 1 amide bonds. The van der Waals surface area contributed by atoms with Crippen molar-refractivity contribution >= 4 is 33.3 Å². The van der Waals surface area contributed by atoms with Crippen LogP contribution >= 0.6 is 11.3 Å². The summed E-state index contributed by atoms with van der Waals surface area (Å²) in [5.74, 6) is 1.34. The summed E-state index contributed by atoms with van der Waals surface area (Å²) in [6.07, 6.45) is 5.04. The molecule has 25 heavy (non-hydrogen) atoms. The minimum Gasteiger partial charge on any atom is -0.355 e. The Morgan fingerprint density at radius 3 is 2.76 bits per heavy atom. The summed E-state index contributed by atoms with van der Waals surface area (Å²) >= 11 is 1.72. The quantitative estimate of drug-likeness (QED) is 0.840. The summed E-state index contributed by atoms with van der Waals surface area (Å²) in [7, 11) is 0. The van der Waals surface area contributed by atoms with Crippen LogP contribution in [0.15, 0.2) is 12.4 Å². The highest BCUT2D eigenvalue weighted by Crippen LogP contribution is 2.30. The van der Waals surface area contributed by atoms with Crippen molar-refractivity contribution in [3.05, 3.63) is 17.3 Å². The monoisotopic (exact) mass is 359 g/mol. The molecule has 0 saturated carbocycles. The number of thiophene rings is 1. The van der Waals surface area contributed by atoms with Crippen molar-refractivity contribution in [2.75, 3.05) is 50.7 Å². The summed E-state index contributed by atoms with van der Waals surface area (Å²) in [5, 5.41) is 1.16. The maximum atomic E-state index is 12.4. The van der Waals surface area contributed by atoms with Crippen LogP contribution < -0.4 is 4.90 Å². The molecule has 0 atom stereocenters. The smallest absolute Gasteiger partial charge is 0.236 e. The Morgan fingerprint density at radius 2 is 1.92 bits per heavy atom. The number of amides is 1. The fourth-order valence-corrected chi connectivity index (χ4v) is 4.66. The largest absolute Gasteiger partial charge is 0.355 e. The second-order valence-corrected chi connectivity index (χ2v) is 8.21. The van der Waals surface area contributed by atoms with Gasteiger partial charge in [0.1, 0.15) is 17.0 Å². The van der Waals surface area contributed by atoms with Crippen molar-refractivity contribution < 1.29 is 4.79 Å². The van der Waals surface area contributed by atoms with E-state index in [4.69, 9.17) is 0 Å². The Kier molecular flexibility index (Phi) is 4.85. The Balaban J connectivity index is 1.43. The second kappa shape index (κ2) is 7.25. The maximum Gasteiger partial charge on any atom is 0.236 e. The Bertz CT molecular complexity index is 755. The number of aromatic nitrogens is 2. The van der Waals surface area contributed by atoms with Crippen LogP contribution in [-0.4, -0.2) is 71.5 Å². The standard InChI is InChI=1S/C18H25N5OS/c1-14-11-15-17(19-13-20-18(15)25-14)23-8-4-5-21(9-10-23)12-16(24)22-6-2-3-7-22/h11,13H,2-10,12H2,1H3. The van der Waals surface area contributed by atoms with Gasteiger partial charge in [0.25, 0.3) is 0 Å². The summed E-state index contributed by atoms with van der Waals surface area (Å²) in [4.78, 5) is 30.4. The molecule has 4 heterocycles. The third kappa shape index (κ3) is 3.62. The van der Waals surface area contributed by atoms with Crippen molar-refractivity contribution in [2.24, 2.45) is 0 Å². The lowest BCUT2D eigenvalue weighted by molar-refractivity contribution is -0.131. The Morgan fingerprint density at radius 1 is 1.08 bits per heavy atom. The number of nitrogens with zero attached hydrogens (tertiary/aromatic N) is 5. The predicted octanol–water partition coefficient (Wildman–Crippen LogP) is 2.13. The molecule has 0 aliphatic carbocycles. The van der Waals surface area contributed by atoms with Crippen LogP contribution in [0.25, 0.3) is 10.2 Å². The second-order valence-electron chi connectivity index (χ2n) is 6.98. The molecule has 2 aliphatic rings. The Hall–Kier alpha value is -1.73. The first-order valence-corrected chi connectivity index (χ1v) is 9.98. The fourth-order valence-electron chi connectivity index (χ4n) is 3.81. The van der Waals surface area contributed by atoms with Crippen molar-refractivity contribution in [1.82, 2.24) is 19.8 Å². The SMILES string of the molecule is Cc1cc2c(N3CCCN(CC(=O)N4CCCC4)CC3)ncnc2s1. The van der Waals surface area contributed by atoms with Gasteiger partial charge in [-0.3, -0.25) is 9.69 Å². The van der Waals surface area contributed by atoms with Gasteiger partial charge in [-0.2, -0.15) is 0 Å². The molecular formula is C18H25N5OS. The van der Waals surface area contributed by atoms with Gasteiger partial charge in [0.15, 0.2) is 0 Å². The lowest BCUT2D eigenvalue weighted by Crippen LogP contribution is -2.40. The zero-order valence-electron chi connectivity index (χ0n) is 14.8. The third-order valence-electron chi connectivity index (χ3n) is 5.14. The van der Waals surface area contributed by atoms with Crippen molar-refractivity contribution in [3.63, 3.8) is 0 Å². The van der Waals surface area contributed by atoms with Gasteiger partial charge in [-0.05, 0) is 32.3 Å². The van der Waals surface area contributed by atoms with Crippen LogP contribution in [0.2, 0.25) is 0 Å². The molecule has 134 valence electrons. The van der Waals surface area contributed by atoms with E-state index in [1.54, 1.807) is 17.7 Å². The zero-order chi connectivity index (χ0) is 17.2. The highest BCUT2D eigenvalue weighted by atomic mass is 32.1. The normalized spacial score (nSPS) is 19.6. The fraction of sp³-hybridized carbons (Fsp3) is 0.611. The highest BCUT2D eigenvalue weighted by Gasteiger charge is 2.23. The molecule has 6 nitrogen and oxygen atoms in total. The first kappa shape index (κ1) is 16.7. The molecule has 7 heteroatoms. The summed E-state index contributed by atoms with van der Waals surface area (Å²) in [6, 6.07) is 2.19. The molecule has 2 fully saturated rings. The van der Waals surface area contributed by atoms with E-state index in [0.29, 0.717) is 12.5 Å². The van der Waals surface area contributed by atoms with Gasteiger partial charge in [-0.1, -0.05) is 0 Å². The van der Waals surface area contributed by atoms with E-state index in [2.05, 4.69) is 32.8 Å². The van der Waals surface area contributed by atoms with E-state index in [1.807, 2.05) is 4.90 Å². The van der Waals surface area contributed by atoms with E-state index >= 15 is 0 Å². The number of rotatable bonds is 3. The topological polar surface area (TPSA) is 52.6 Å². The lowest BCUT2D eigenvalue weighted by atomic mass is 10.3. The molecule has 0 unspecified atom stereocenters. The lowest BCUT2D eigenvalue weighted by Gasteiger charge is -2.24. The van der Waals surface area contributed by atoms with Crippen LogP contribution in [0, 0.1) is 6.92 Å². The van der Waals surface area contributed by atoms with E-state index in [-0.39, 0.29) is 0 Å². The van der Waals surface area contributed by atoms with Gasteiger partial charge >= 0.3 is 0 Å². The molecular weight excluding hydrogens is 334 g/mol. The number of hydrogen-bond acceptors (Lipinski definition) is 6. The number of fused-ring (bicyclic) bond motifs is 1. The van der Waals surface area contributed by atoms with Crippen LogP contribution in [0.3, 0.4) is 0 Å². The van der Waals surface area contributed by atoms with Crippen molar-refractivity contribution in [1.29, 1.82) is 0 Å². The molecule has 0 radical (unpaired) electrons. The van der Waals surface area contributed by atoms with Gasteiger partial charge in [-0.25, -0.2) is 9.97 Å². The summed E-state index contributed by atoms with van der Waals surface area (Å²) in [6.45, 7) is 8.34. The molecule has 0 bridgehead atoms. The molecule has 4 rings (SSSR count). The van der Waals surface area contributed by atoms with E-state index in [9.17, 15) is 4.79 Å².